The summed E-state index contributed by atoms with van der Waals surface area (Å²) in [5.74, 6) is 1.40. The maximum absolute atomic E-state index is 11.6. The Balaban J connectivity index is 1.43. The zero-order valence-electron chi connectivity index (χ0n) is 16.6. The van der Waals surface area contributed by atoms with E-state index in [2.05, 4.69) is 49.8 Å². The number of aromatic nitrogens is 2. The number of carbonyl (C=O) groups is 1. The predicted octanol–water partition coefficient (Wildman–Crippen LogP) is 5.16. The van der Waals surface area contributed by atoms with E-state index in [9.17, 15) is 4.79 Å². The maximum Gasteiger partial charge on any atom is 0.159 e. The molecule has 1 aromatic heterocycles. The molecular weight excluding hydrogens is 362 g/mol. The lowest BCUT2D eigenvalue weighted by atomic mass is 10.1. The molecule has 0 radical (unpaired) electrons. The van der Waals surface area contributed by atoms with Crippen molar-refractivity contribution >= 4 is 34.5 Å². The van der Waals surface area contributed by atoms with Gasteiger partial charge >= 0.3 is 0 Å². The van der Waals surface area contributed by atoms with Gasteiger partial charge in [-0.05, 0) is 62.6 Å². The van der Waals surface area contributed by atoms with Gasteiger partial charge in [-0.2, -0.15) is 0 Å². The average molecular weight is 387 g/mol. The van der Waals surface area contributed by atoms with Gasteiger partial charge in [-0.1, -0.05) is 12.1 Å². The van der Waals surface area contributed by atoms with Crippen molar-refractivity contribution < 1.29 is 4.79 Å². The van der Waals surface area contributed by atoms with Crippen LogP contribution in [-0.4, -0.2) is 28.8 Å². The topological polar surface area (TPSA) is 70.2 Å². The highest BCUT2D eigenvalue weighted by Crippen LogP contribution is 2.24. The predicted molar refractivity (Wildman–Crippen MR) is 118 cm³/mol. The summed E-state index contributed by atoms with van der Waals surface area (Å²) >= 11 is 0. The molecule has 0 spiro atoms. The first-order chi connectivity index (χ1) is 14.2. The zero-order chi connectivity index (χ0) is 20.1. The minimum absolute atomic E-state index is 0.0340. The van der Waals surface area contributed by atoms with Gasteiger partial charge in [0, 0.05) is 41.8 Å². The number of piperidine rings is 1. The molecule has 0 bridgehead atoms. The summed E-state index contributed by atoms with van der Waals surface area (Å²) in [6.45, 7) is 3.83. The fourth-order valence-electron chi connectivity index (χ4n) is 3.51. The molecule has 1 aliphatic heterocycles. The number of benzene rings is 2. The highest BCUT2D eigenvalue weighted by Gasteiger charge is 2.10. The standard InChI is InChI=1S/C23H25N5O/c1-17(29)18-6-5-7-20(14-18)27-23-15-22(24-16-25-23)26-19-8-10-21(11-9-19)28-12-3-2-4-13-28/h5-11,14-16H,2-4,12-13H2,1H3,(H2,24,25,26,27). The fraction of sp³-hybridized carbons (Fsp3) is 0.261. The van der Waals surface area contributed by atoms with E-state index in [-0.39, 0.29) is 5.78 Å². The molecule has 1 saturated heterocycles. The first-order valence-corrected chi connectivity index (χ1v) is 9.99. The molecule has 1 fully saturated rings. The number of Topliss-reactive ketones (excluding diaryl/α,β-unsaturated/α-hetero) is 1. The van der Waals surface area contributed by atoms with Crippen molar-refractivity contribution in [3.8, 4) is 0 Å². The summed E-state index contributed by atoms with van der Waals surface area (Å²) in [4.78, 5) is 22.6. The summed E-state index contributed by atoms with van der Waals surface area (Å²) in [5, 5.41) is 6.55. The van der Waals surface area contributed by atoms with Gasteiger partial charge in [0.25, 0.3) is 0 Å². The fourth-order valence-corrected chi connectivity index (χ4v) is 3.51. The Morgan fingerprint density at radius 2 is 1.55 bits per heavy atom. The maximum atomic E-state index is 11.6. The smallest absolute Gasteiger partial charge is 0.159 e. The van der Waals surface area contributed by atoms with Crippen molar-refractivity contribution in [2.45, 2.75) is 26.2 Å². The van der Waals surface area contributed by atoms with Crippen LogP contribution in [0.2, 0.25) is 0 Å². The lowest BCUT2D eigenvalue weighted by Crippen LogP contribution is -2.29. The molecule has 4 rings (SSSR count). The molecule has 6 nitrogen and oxygen atoms in total. The molecule has 0 amide bonds. The van der Waals surface area contributed by atoms with Crippen molar-refractivity contribution in [1.29, 1.82) is 0 Å². The van der Waals surface area contributed by atoms with Crippen LogP contribution in [0, 0.1) is 0 Å². The summed E-state index contributed by atoms with van der Waals surface area (Å²) in [6, 6.07) is 17.7. The number of anilines is 5. The Morgan fingerprint density at radius 3 is 2.24 bits per heavy atom. The van der Waals surface area contributed by atoms with Gasteiger partial charge in [-0.25, -0.2) is 9.97 Å². The largest absolute Gasteiger partial charge is 0.372 e. The highest BCUT2D eigenvalue weighted by atomic mass is 16.1. The Bertz CT molecular complexity index is 981. The van der Waals surface area contributed by atoms with Gasteiger partial charge in [0.2, 0.25) is 0 Å². The van der Waals surface area contributed by atoms with Crippen LogP contribution in [-0.2, 0) is 0 Å². The summed E-state index contributed by atoms with van der Waals surface area (Å²) in [5.41, 5.74) is 3.73. The SMILES string of the molecule is CC(=O)c1cccc(Nc2cc(Nc3ccc(N4CCCCC4)cc3)ncn2)c1. The minimum Gasteiger partial charge on any atom is -0.372 e. The van der Waals surface area contributed by atoms with Crippen molar-refractivity contribution in [3.63, 3.8) is 0 Å². The van der Waals surface area contributed by atoms with Crippen LogP contribution in [0.5, 0.6) is 0 Å². The lowest BCUT2D eigenvalue weighted by Gasteiger charge is -2.28. The van der Waals surface area contributed by atoms with Crippen molar-refractivity contribution in [1.82, 2.24) is 9.97 Å². The Kier molecular flexibility index (Phi) is 5.70. The van der Waals surface area contributed by atoms with E-state index in [1.807, 2.05) is 24.3 Å². The molecule has 0 saturated carbocycles. The van der Waals surface area contributed by atoms with Gasteiger partial charge < -0.3 is 15.5 Å². The van der Waals surface area contributed by atoms with E-state index >= 15 is 0 Å². The van der Waals surface area contributed by atoms with Gasteiger partial charge in [0.05, 0.1) is 0 Å². The van der Waals surface area contributed by atoms with Crippen LogP contribution in [0.1, 0.15) is 36.5 Å². The normalized spacial score (nSPS) is 13.8. The second-order valence-corrected chi connectivity index (χ2v) is 7.27. The van der Waals surface area contributed by atoms with E-state index in [0.717, 1.165) is 24.5 Å². The molecule has 2 N–H and O–H groups in total. The number of ketones is 1. The van der Waals surface area contributed by atoms with Crippen LogP contribution in [0.4, 0.5) is 28.7 Å². The summed E-state index contributed by atoms with van der Waals surface area (Å²) in [7, 11) is 0. The third kappa shape index (κ3) is 4.90. The van der Waals surface area contributed by atoms with Crippen molar-refractivity contribution in [2.75, 3.05) is 28.6 Å². The lowest BCUT2D eigenvalue weighted by molar-refractivity contribution is 0.101. The third-order valence-corrected chi connectivity index (χ3v) is 5.07. The van der Waals surface area contributed by atoms with Crippen LogP contribution in [0.15, 0.2) is 60.9 Å². The van der Waals surface area contributed by atoms with Gasteiger partial charge in [0.15, 0.2) is 5.78 Å². The molecule has 1 aliphatic rings. The highest BCUT2D eigenvalue weighted by molar-refractivity contribution is 5.95. The van der Waals surface area contributed by atoms with Crippen molar-refractivity contribution in [2.24, 2.45) is 0 Å². The number of nitrogens with one attached hydrogen (secondary N) is 2. The molecule has 29 heavy (non-hydrogen) atoms. The Hall–Kier alpha value is -3.41. The van der Waals surface area contributed by atoms with E-state index in [0.29, 0.717) is 17.2 Å². The van der Waals surface area contributed by atoms with Gasteiger partial charge in [-0.3, -0.25) is 4.79 Å². The van der Waals surface area contributed by atoms with Crippen molar-refractivity contribution in [3.05, 3.63) is 66.5 Å². The average Bonchev–Trinajstić information content (AvgIpc) is 2.75. The van der Waals surface area contributed by atoms with Crippen LogP contribution >= 0.6 is 0 Å². The second-order valence-electron chi connectivity index (χ2n) is 7.27. The van der Waals surface area contributed by atoms with E-state index in [4.69, 9.17) is 0 Å². The molecule has 3 aromatic rings. The number of nitrogens with zero attached hydrogens (tertiary/aromatic N) is 3. The first kappa shape index (κ1) is 18.9. The quantitative estimate of drug-likeness (QED) is 0.570. The molecule has 0 unspecified atom stereocenters. The number of hydrogen-bond acceptors (Lipinski definition) is 6. The molecule has 2 aromatic carbocycles. The monoisotopic (exact) mass is 387 g/mol. The molecule has 2 heterocycles. The number of rotatable bonds is 6. The van der Waals surface area contributed by atoms with E-state index < -0.39 is 0 Å². The number of carbonyl (C=O) groups excluding carboxylic acids is 1. The second kappa shape index (κ2) is 8.73. The van der Waals surface area contributed by atoms with Crippen LogP contribution < -0.4 is 15.5 Å². The first-order valence-electron chi connectivity index (χ1n) is 9.99. The Labute approximate surface area is 171 Å². The minimum atomic E-state index is 0.0340. The molecule has 0 aliphatic carbocycles. The van der Waals surface area contributed by atoms with Gasteiger partial charge in [-0.15, -0.1) is 0 Å². The summed E-state index contributed by atoms with van der Waals surface area (Å²) in [6.07, 6.45) is 5.39. The van der Waals surface area contributed by atoms with E-state index in [1.165, 1.54) is 31.3 Å². The van der Waals surface area contributed by atoms with E-state index in [1.54, 1.807) is 13.0 Å². The number of hydrogen-bond donors (Lipinski definition) is 2. The van der Waals surface area contributed by atoms with Crippen LogP contribution in [0.3, 0.4) is 0 Å². The van der Waals surface area contributed by atoms with Gasteiger partial charge in [0.1, 0.15) is 18.0 Å². The zero-order valence-corrected chi connectivity index (χ0v) is 16.6. The molecule has 148 valence electrons. The third-order valence-electron chi connectivity index (χ3n) is 5.07. The molecular formula is C23H25N5O. The summed E-state index contributed by atoms with van der Waals surface area (Å²) < 4.78 is 0. The molecule has 6 heteroatoms. The molecule has 0 atom stereocenters. The Morgan fingerprint density at radius 1 is 0.862 bits per heavy atom. The van der Waals surface area contributed by atoms with Crippen LogP contribution in [0.25, 0.3) is 0 Å².